The zero-order valence-electron chi connectivity index (χ0n) is 10.3. The van der Waals surface area contributed by atoms with Gasteiger partial charge in [-0.25, -0.2) is 14.3 Å². The van der Waals surface area contributed by atoms with E-state index in [1.165, 1.54) is 11.7 Å². The van der Waals surface area contributed by atoms with Crippen molar-refractivity contribution in [2.24, 2.45) is 0 Å². The molecule has 0 saturated heterocycles. The number of hydrogen-bond acceptors (Lipinski definition) is 4. The van der Waals surface area contributed by atoms with Crippen molar-refractivity contribution in [3.63, 3.8) is 0 Å². The fourth-order valence-electron chi connectivity index (χ4n) is 2.04. The molecule has 6 heteroatoms. The number of nitrogens with zero attached hydrogens (tertiary/aromatic N) is 2. The minimum atomic E-state index is -0.267. The van der Waals surface area contributed by atoms with Gasteiger partial charge in [0.25, 0.3) is 0 Å². The zero-order valence-corrected chi connectivity index (χ0v) is 10.3. The second-order valence-corrected chi connectivity index (χ2v) is 4.07. The van der Waals surface area contributed by atoms with E-state index in [1.807, 2.05) is 0 Å². The number of nitrogen functional groups attached to an aromatic ring is 1. The van der Waals surface area contributed by atoms with Gasteiger partial charge in [0.05, 0.1) is 18.3 Å². The number of ether oxygens (including phenoxy) is 1. The average Bonchev–Trinajstić information content (AvgIpc) is 2.74. The molecule has 3 aromatic rings. The second kappa shape index (κ2) is 4.16. The van der Waals surface area contributed by atoms with Gasteiger partial charge in [-0.2, -0.15) is 0 Å². The van der Waals surface area contributed by atoms with E-state index in [0.717, 1.165) is 0 Å². The van der Waals surface area contributed by atoms with E-state index in [2.05, 4.69) is 9.97 Å². The summed E-state index contributed by atoms with van der Waals surface area (Å²) in [6, 6.07) is 8.68. The van der Waals surface area contributed by atoms with Gasteiger partial charge in [0.15, 0.2) is 5.65 Å². The third-order valence-electron chi connectivity index (χ3n) is 2.89. The lowest BCUT2D eigenvalue weighted by Crippen LogP contribution is -2.15. The van der Waals surface area contributed by atoms with Crippen molar-refractivity contribution in [3.8, 4) is 11.4 Å². The molecule has 19 heavy (non-hydrogen) atoms. The number of aromatic nitrogens is 3. The molecule has 0 fully saturated rings. The van der Waals surface area contributed by atoms with Crippen LogP contribution in [0.15, 0.2) is 41.3 Å². The summed E-state index contributed by atoms with van der Waals surface area (Å²) in [4.78, 5) is 19.0. The van der Waals surface area contributed by atoms with E-state index in [0.29, 0.717) is 28.3 Å². The van der Waals surface area contributed by atoms with Crippen molar-refractivity contribution in [3.05, 3.63) is 47.0 Å². The topological polar surface area (TPSA) is 85.9 Å². The molecule has 0 amide bonds. The normalized spacial score (nSPS) is 10.8. The van der Waals surface area contributed by atoms with E-state index in [4.69, 9.17) is 10.5 Å². The Morgan fingerprint density at radius 3 is 3.00 bits per heavy atom. The Morgan fingerprint density at radius 2 is 2.21 bits per heavy atom. The molecular weight excluding hydrogens is 244 g/mol. The van der Waals surface area contributed by atoms with Gasteiger partial charge in [-0.05, 0) is 24.3 Å². The number of H-pyrrole nitrogens is 1. The molecule has 0 radical (unpaired) electrons. The zero-order chi connectivity index (χ0) is 13.4. The summed E-state index contributed by atoms with van der Waals surface area (Å²) in [5.41, 5.74) is 7.85. The van der Waals surface area contributed by atoms with Gasteiger partial charge in [0.1, 0.15) is 5.75 Å². The molecule has 3 N–H and O–H groups in total. The van der Waals surface area contributed by atoms with Gasteiger partial charge in [0, 0.05) is 18.0 Å². The van der Waals surface area contributed by atoms with Crippen LogP contribution in [0.4, 0.5) is 5.69 Å². The summed E-state index contributed by atoms with van der Waals surface area (Å²) < 4.78 is 6.74. The Balaban J connectivity index is 2.36. The standard InChI is InChI=1S/C13H12N4O2/c1-19-11-7-8(14)4-5-10(11)17-12-9(16-13(17)18)3-2-6-15-12/h2-7H,14H2,1H3,(H,16,18). The molecule has 0 spiro atoms. The van der Waals surface area contributed by atoms with Crippen LogP contribution in [0.25, 0.3) is 16.9 Å². The highest BCUT2D eigenvalue weighted by Crippen LogP contribution is 2.26. The molecule has 0 bridgehead atoms. The Labute approximate surface area is 108 Å². The molecule has 3 rings (SSSR count). The van der Waals surface area contributed by atoms with Gasteiger partial charge in [0.2, 0.25) is 0 Å². The quantitative estimate of drug-likeness (QED) is 0.677. The number of fused-ring (bicyclic) bond motifs is 1. The average molecular weight is 256 g/mol. The SMILES string of the molecule is COc1cc(N)ccc1-n1c(=O)[nH]c2cccnc21. The summed E-state index contributed by atoms with van der Waals surface area (Å²) in [6.45, 7) is 0. The number of hydrogen-bond donors (Lipinski definition) is 2. The molecule has 1 aromatic carbocycles. The number of nitrogens with two attached hydrogens (primary N) is 1. The Bertz CT molecular complexity index is 804. The van der Waals surface area contributed by atoms with Crippen molar-refractivity contribution in [1.29, 1.82) is 0 Å². The van der Waals surface area contributed by atoms with Gasteiger partial charge in [-0.1, -0.05) is 0 Å². The second-order valence-electron chi connectivity index (χ2n) is 4.07. The van der Waals surface area contributed by atoms with Gasteiger partial charge < -0.3 is 15.5 Å². The monoisotopic (exact) mass is 256 g/mol. The van der Waals surface area contributed by atoms with Crippen molar-refractivity contribution in [2.45, 2.75) is 0 Å². The summed E-state index contributed by atoms with van der Waals surface area (Å²) in [5.74, 6) is 0.522. The Morgan fingerprint density at radius 1 is 1.37 bits per heavy atom. The van der Waals surface area contributed by atoms with Crippen LogP contribution in [0.3, 0.4) is 0 Å². The molecule has 0 saturated carbocycles. The molecule has 0 unspecified atom stereocenters. The summed E-state index contributed by atoms with van der Waals surface area (Å²) in [6.07, 6.45) is 1.63. The lowest BCUT2D eigenvalue weighted by atomic mass is 10.2. The third-order valence-corrected chi connectivity index (χ3v) is 2.89. The molecule has 2 aromatic heterocycles. The maximum Gasteiger partial charge on any atom is 0.332 e. The Hall–Kier alpha value is -2.76. The molecule has 96 valence electrons. The third kappa shape index (κ3) is 1.74. The highest BCUT2D eigenvalue weighted by molar-refractivity contribution is 5.74. The van der Waals surface area contributed by atoms with Crippen LogP contribution >= 0.6 is 0 Å². The predicted molar refractivity (Wildman–Crippen MR) is 72.7 cm³/mol. The van der Waals surface area contributed by atoms with Crippen molar-refractivity contribution >= 4 is 16.9 Å². The van der Waals surface area contributed by atoms with Crippen LogP contribution in [0.1, 0.15) is 0 Å². The molecule has 0 aliphatic rings. The smallest absolute Gasteiger partial charge is 0.332 e. The van der Waals surface area contributed by atoms with Crippen LogP contribution in [0.2, 0.25) is 0 Å². The fraction of sp³-hybridized carbons (Fsp3) is 0.0769. The molecule has 6 nitrogen and oxygen atoms in total. The molecule has 0 atom stereocenters. The Kier molecular flexibility index (Phi) is 2.49. The van der Waals surface area contributed by atoms with Gasteiger partial charge in [-0.3, -0.25) is 0 Å². The lowest BCUT2D eigenvalue weighted by molar-refractivity contribution is 0.413. The summed E-state index contributed by atoms with van der Waals surface area (Å²) >= 11 is 0. The van der Waals surface area contributed by atoms with Gasteiger partial charge >= 0.3 is 5.69 Å². The number of methoxy groups -OCH3 is 1. The number of anilines is 1. The first-order valence-corrected chi connectivity index (χ1v) is 5.70. The first kappa shape index (κ1) is 11.3. The summed E-state index contributed by atoms with van der Waals surface area (Å²) in [5, 5.41) is 0. The van der Waals surface area contributed by atoms with E-state index in [1.54, 1.807) is 36.5 Å². The number of pyridine rings is 1. The van der Waals surface area contributed by atoms with E-state index >= 15 is 0 Å². The number of nitrogens with one attached hydrogen (secondary N) is 1. The number of benzene rings is 1. The molecule has 2 heterocycles. The predicted octanol–water partition coefficient (Wildman–Crippen LogP) is 1.30. The minimum absolute atomic E-state index is 0.267. The maximum atomic E-state index is 12.1. The fourth-order valence-corrected chi connectivity index (χ4v) is 2.04. The highest BCUT2D eigenvalue weighted by atomic mass is 16.5. The van der Waals surface area contributed by atoms with Gasteiger partial charge in [-0.15, -0.1) is 0 Å². The maximum absolute atomic E-state index is 12.1. The van der Waals surface area contributed by atoms with Crippen LogP contribution < -0.4 is 16.2 Å². The first-order valence-electron chi connectivity index (χ1n) is 5.70. The lowest BCUT2D eigenvalue weighted by Gasteiger charge is -2.09. The van der Waals surface area contributed by atoms with Crippen molar-refractivity contribution in [2.75, 3.05) is 12.8 Å². The minimum Gasteiger partial charge on any atom is -0.494 e. The van der Waals surface area contributed by atoms with Crippen LogP contribution in [-0.4, -0.2) is 21.6 Å². The van der Waals surface area contributed by atoms with Crippen molar-refractivity contribution < 1.29 is 4.74 Å². The molecular formula is C13H12N4O2. The highest BCUT2D eigenvalue weighted by Gasteiger charge is 2.13. The first-order chi connectivity index (χ1) is 9.20. The number of imidazole rings is 1. The number of rotatable bonds is 2. The van der Waals surface area contributed by atoms with E-state index in [-0.39, 0.29) is 5.69 Å². The largest absolute Gasteiger partial charge is 0.494 e. The van der Waals surface area contributed by atoms with E-state index < -0.39 is 0 Å². The summed E-state index contributed by atoms with van der Waals surface area (Å²) in [7, 11) is 1.53. The van der Waals surface area contributed by atoms with E-state index in [9.17, 15) is 4.79 Å². The van der Waals surface area contributed by atoms with Crippen LogP contribution in [-0.2, 0) is 0 Å². The number of aromatic amines is 1. The van der Waals surface area contributed by atoms with Crippen LogP contribution in [0, 0.1) is 0 Å². The molecule has 0 aliphatic carbocycles. The molecule has 0 aliphatic heterocycles. The van der Waals surface area contributed by atoms with Crippen molar-refractivity contribution in [1.82, 2.24) is 14.5 Å². The van der Waals surface area contributed by atoms with Crippen LogP contribution in [0.5, 0.6) is 5.75 Å².